The third-order valence-electron chi connectivity index (χ3n) is 3.10. The summed E-state index contributed by atoms with van der Waals surface area (Å²) in [6.45, 7) is 0. The van der Waals surface area contributed by atoms with E-state index < -0.39 is 0 Å². The highest BCUT2D eigenvalue weighted by atomic mass is 35.5. The molecular formula is C12H16ClN. The zero-order valence-electron chi connectivity index (χ0n) is 8.25. The van der Waals surface area contributed by atoms with Gasteiger partial charge in [-0.3, -0.25) is 0 Å². The van der Waals surface area contributed by atoms with E-state index in [0.29, 0.717) is 12.0 Å². The molecule has 2 atom stereocenters. The molecule has 0 saturated heterocycles. The number of nitrogens with two attached hydrogens (primary N) is 1. The van der Waals surface area contributed by atoms with Crippen LogP contribution in [0.1, 0.15) is 37.2 Å². The topological polar surface area (TPSA) is 26.0 Å². The van der Waals surface area contributed by atoms with E-state index in [1.807, 2.05) is 12.1 Å². The Bertz CT molecular complexity index is 311. The monoisotopic (exact) mass is 209 g/mol. The van der Waals surface area contributed by atoms with E-state index in [-0.39, 0.29) is 0 Å². The molecule has 1 saturated carbocycles. The molecule has 0 amide bonds. The van der Waals surface area contributed by atoms with Gasteiger partial charge in [-0.05, 0) is 36.5 Å². The van der Waals surface area contributed by atoms with Crippen LogP contribution in [0.15, 0.2) is 24.3 Å². The Morgan fingerprint density at radius 3 is 2.71 bits per heavy atom. The summed E-state index contributed by atoms with van der Waals surface area (Å²) >= 11 is 5.97. The Balaban J connectivity index is 2.20. The highest BCUT2D eigenvalue weighted by molar-refractivity contribution is 6.30. The minimum absolute atomic E-state index is 0.321. The van der Waals surface area contributed by atoms with E-state index in [1.54, 1.807) is 0 Å². The van der Waals surface area contributed by atoms with Gasteiger partial charge in [0.1, 0.15) is 0 Å². The van der Waals surface area contributed by atoms with Crippen molar-refractivity contribution >= 4 is 11.6 Å². The maximum Gasteiger partial charge on any atom is 0.0408 e. The van der Waals surface area contributed by atoms with Crippen LogP contribution in [0.2, 0.25) is 5.02 Å². The van der Waals surface area contributed by atoms with E-state index >= 15 is 0 Å². The predicted octanol–water partition coefficient (Wildman–Crippen LogP) is 3.32. The van der Waals surface area contributed by atoms with Crippen molar-refractivity contribution in [3.8, 4) is 0 Å². The highest BCUT2D eigenvalue weighted by Crippen LogP contribution is 2.32. The molecule has 1 aromatic carbocycles. The molecule has 0 aliphatic heterocycles. The summed E-state index contributed by atoms with van der Waals surface area (Å²) in [4.78, 5) is 0. The van der Waals surface area contributed by atoms with Gasteiger partial charge in [0.25, 0.3) is 0 Å². The van der Waals surface area contributed by atoms with Crippen LogP contribution in [-0.4, -0.2) is 6.04 Å². The van der Waals surface area contributed by atoms with E-state index in [1.165, 1.54) is 24.8 Å². The standard InChI is InChI=1S/C12H16ClN/c13-10-5-3-4-9(8-10)11-6-1-2-7-12(11)14/h3-5,8,11-12H,1-2,6-7,14H2. The van der Waals surface area contributed by atoms with Gasteiger partial charge in [0.05, 0.1) is 0 Å². The average molecular weight is 210 g/mol. The van der Waals surface area contributed by atoms with Crippen LogP contribution < -0.4 is 5.73 Å². The van der Waals surface area contributed by atoms with Crippen LogP contribution in [-0.2, 0) is 0 Å². The summed E-state index contributed by atoms with van der Waals surface area (Å²) in [6, 6.07) is 8.44. The van der Waals surface area contributed by atoms with Crippen LogP contribution >= 0.6 is 11.6 Å². The van der Waals surface area contributed by atoms with E-state index in [4.69, 9.17) is 17.3 Å². The van der Waals surface area contributed by atoms with Crippen LogP contribution in [0.5, 0.6) is 0 Å². The van der Waals surface area contributed by atoms with Crippen molar-refractivity contribution in [3.05, 3.63) is 34.9 Å². The fourth-order valence-electron chi connectivity index (χ4n) is 2.31. The Kier molecular flexibility index (Phi) is 3.09. The van der Waals surface area contributed by atoms with Gasteiger partial charge >= 0.3 is 0 Å². The molecule has 0 spiro atoms. The van der Waals surface area contributed by atoms with Crippen molar-refractivity contribution in [1.82, 2.24) is 0 Å². The molecule has 1 aliphatic rings. The SMILES string of the molecule is NC1CCCCC1c1cccc(Cl)c1. The first kappa shape index (κ1) is 10.0. The van der Waals surface area contributed by atoms with E-state index in [2.05, 4.69) is 12.1 Å². The first-order valence-electron chi connectivity index (χ1n) is 5.28. The summed E-state index contributed by atoms with van der Waals surface area (Å²) in [5.41, 5.74) is 7.43. The molecule has 0 heterocycles. The summed E-state index contributed by atoms with van der Waals surface area (Å²) in [6.07, 6.45) is 4.93. The largest absolute Gasteiger partial charge is 0.327 e. The van der Waals surface area contributed by atoms with Crippen molar-refractivity contribution in [2.24, 2.45) is 5.73 Å². The molecule has 0 bridgehead atoms. The van der Waals surface area contributed by atoms with E-state index in [0.717, 1.165) is 11.4 Å². The smallest absolute Gasteiger partial charge is 0.0408 e. The molecule has 1 nitrogen and oxygen atoms in total. The molecule has 2 unspecified atom stereocenters. The number of benzene rings is 1. The highest BCUT2D eigenvalue weighted by Gasteiger charge is 2.23. The molecule has 14 heavy (non-hydrogen) atoms. The second kappa shape index (κ2) is 4.33. The average Bonchev–Trinajstić information content (AvgIpc) is 2.18. The second-order valence-corrected chi connectivity index (χ2v) is 4.55. The van der Waals surface area contributed by atoms with Crippen molar-refractivity contribution in [2.75, 3.05) is 0 Å². The van der Waals surface area contributed by atoms with Gasteiger partial charge in [-0.2, -0.15) is 0 Å². The summed E-state index contributed by atoms with van der Waals surface area (Å²) in [5, 5.41) is 0.820. The molecule has 2 N–H and O–H groups in total. The molecule has 1 fully saturated rings. The second-order valence-electron chi connectivity index (χ2n) is 4.11. The zero-order chi connectivity index (χ0) is 9.97. The Morgan fingerprint density at radius 1 is 1.21 bits per heavy atom. The number of halogens is 1. The lowest BCUT2D eigenvalue weighted by Crippen LogP contribution is -2.31. The lowest BCUT2D eigenvalue weighted by molar-refractivity contribution is 0.385. The molecule has 1 aromatic rings. The maximum absolute atomic E-state index is 6.12. The predicted molar refractivity (Wildman–Crippen MR) is 60.6 cm³/mol. The molecule has 0 radical (unpaired) electrons. The van der Waals surface area contributed by atoms with Gasteiger partial charge in [-0.25, -0.2) is 0 Å². The molecule has 2 rings (SSSR count). The lowest BCUT2D eigenvalue weighted by atomic mass is 9.80. The van der Waals surface area contributed by atoms with Gasteiger partial charge in [0.15, 0.2) is 0 Å². The summed E-state index contributed by atoms with van der Waals surface area (Å²) < 4.78 is 0. The van der Waals surface area contributed by atoms with Crippen molar-refractivity contribution in [1.29, 1.82) is 0 Å². The molecule has 0 aromatic heterocycles. The molecule has 1 aliphatic carbocycles. The zero-order valence-corrected chi connectivity index (χ0v) is 9.00. The van der Waals surface area contributed by atoms with Crippen LogP contribution in [0.3, 0.4) is 0 Å². The van der Waals surface area contributed by atoms with Crippen LogP contribution in [0.4, 0.5) is 0 Å². The fraction of sp³-hybridized carbons (Fsp3) is 0.500. The van der Waals surface area contributed by atoms with Crippen LogP contribution in [0, 0.1) is 0 Å². The summed E-state index contributed by atoms with van der Waals surface area (Å²) in [7, 11) is 0. The third-order valence-corrected chi connectivity index (χ3v) is 3.33. The molecule has 2 heteroatoms. The first-order chi connectivity index (χ1) is 6.77. The van der Waals surface area contributed by atoms with Gasteiger partial charge in [-0.1, -0.05) is 36.6 Å². The number of rotatable bonds is 1. The van der Waals surface area contributed by atoms with Crippen LogP contribution in [0.25, 0.3) is 0 Å². The minimum Gasteiger partial charge on any atom is -0.327 e. The van der Waals surface area contributed by atoms with Gasteiger partial charge in [0, 0.05) is 11.1 Å². The molecular weight excluding hydrogens is 194 g/mol. The molecule has 76 valence electrons. The normalized spacial score (nSPS) is 27.6. The van der Waals surface area contributed by atoms with Crippen molar-refractivity contribution in [2.45, 2.75) is 37.6 Å². The lowest BCUT2D eigenvalue weighted by Gasteiger charge is -2.28. The van der Waals surface area contributed by atoms with Gasteiger partial charge < -0.3 is 5.73 Å². The Hall–Kier alpha value is -0.530. The number of hydrogen-bond donors (Lipinski definition) is 1. The third kappa shape index (κ3) is 2.10. The van der Waals surface area contributed by atoms with Gasteiger partial charge in [0.2, 0.25) is 0 Å². The Morgan fingerprint density at radius 2 is 2.00 bits per heavy atom. The quantitative estimate of drug-likeness (QED) is 0.755. The fourth-order valence-corrected chi connectivity index (χ4v) is 2.51. The minimum atomic E-state index is 0.321. The van der Waals surface area contributed by atoms with Crippen molar-refractivity contribution < 1.29 is 0 Å². The van der Waals surface area contributed by atoms with Crippen molar-refractivity contribution in [3.63, 3.8) is 0 Å². The first-order valence-corrected chi connectivity index (χ1v) is 5.66. The van der Waals surface area contributed by atoms with Gasteiger partial charge in [-0.15, -0.1) is 0 Å². The Labute approximate surface area is 90.3 Å². The summed E-state index contributed by atoms with van der Waals surface area (Å²) in [5.74, 6) is 0.516. The van der Waals surface area contributed by atoms with E-state index in [9.17, 15) is 0 Å². The maximum atomic E-state index is 6.12. The number of hydrogen-bond acceptors (Lipinski definition) is 1.